The van der Waals surface area contributed by atoms with Crippen LogP contribution in [0.2, 0.25) is 0 Å². The van der Waals surface area contributed by atoms with Gasteiger partial charge in [0, 0.05) is 12.1 Å². The fraction of sp³-hybridized carbons (Fsp3) is 0.278. The maximum atomic E-state index is 12.2. The minimum absolute atomic E-state index is 0.117. The topological polar surface area (TPSA) is 68.8 Å². The Balaban J connectivity index is 2.11. The molecule has 2 amide bonds. The Labute approximate surface area is 141 Å². The minimum Gasteiger partial charge on any atom is -0.493 e. The Hall–Kier alpha value is -2.89. The lowest BCUT2D eigenvalue weighted by atomic mass is 10.1. The number of carbonyl (C=O) groups excluding carboxylic acids is 1. The van der Waals surface area contributed by atoms with E-state index in [-0.39, 0.29) is 12.1 Å². The van der Waals surface area contributed by atoms with E-state index in [1.165, 1.54) is 21.3 Å². The second-order valence-corrected chi connectivity index (χ2v) is 5.14. The van der Waals surface area contributed by atoms with E-state index < -0.39 is 0 Å². The third-order valence-corrected chi connectivity index (χ3v) is 3.57. The van der Waals surface area contributed by atoms with Crippen LogP contribution in [0.4, 0.5) is 10.5 Å². The molecule has 0 fully saturated rings. The number of rotatable bonds is 6. The average molecular weight is 330 g/mol. The van der Waals surface area contributed by atoms with Gasteiger partial charge >= 0.3 is 6.03 Å². The lowest BCUT2D eigenvalue weighted by Crippen LogP contribution is -2.31. The maximum absolute atomic E-state index is 12.2. The van der Waals surface area contributed by atoms with Gasteiger partial charge in [-0.3, -0.25) is 0 Å². The third-order valence-electron chi connectivity index (χ3n) is 3.57. The molecular formula is C18H22N2O4. The van der Waals surface area contributed by atoms with Crippen LogP contribution in [0.25, 0.3) is 0 Å². The average Bonchev–Trinajstić information content (AvgIpc) is 2.61. The van der Waals surface area contributed by atoms with Gasteiger partial charge in [-0.15, -0.1) is 0 Å². The largest absolute Gasteiger partial charge is 0.493 e. The van der Waals surface area contributed by atoms with Gasteiger partial charge in [-0.2, -0.15) is 0 Å². The van der Waals surface area contributed by atoms with Gasteiger partial charge in [-0.1, -0.05) is 30.3 Å². The monoisotopic (exact) mass is 330 g/mol. The molecule has 0 bridgehead atoms. The van der Waals surface area contributed by atoms with Crippen molar-refractivity contribution in [3.05, 3.63) is 48.0 Å². The first-order valence-corrected chi connectivity index (χ1v) is 7.51. The van der Waals surface area contributed by atoms with Gasteiger partial charge in [0.05, 0.1) is 33.1 Å². The predicted octanol–water partition coefficient (Wildman–Crippen LogP) is 3.60. The fourth-order valence-corrected chi connectivity index (χ4v) is 2.34. The highest BCUT2D eigenvalue weighted by Gasteiger charge is 2.15. The summed E-state index contributed by atoms with van der Waals surface area (Å²) in [6.07, 6.45) is 0. The standard InChI is InChI=1S/C18H22N2O4/c1-12(13-8-6-5-7-9-13)19-18(21)20-14-10-15(22-2)17(24-4)16(11-14)23-3/h5-12H,1-4H3,(H2,19,20,21). The van der Waals surface area contributed by atoms with Crippen LogP contribution in [0, 0.1) is 0 Å². The van der Waals surface area contributed by atoms with E-state index in [0.717, 1.165) is 5.56 Å². The molecular weight excluding hydrogens is 308 g/mol. The van der Waals surface area contributed by atoms with Crippen molar-refractivity contribution < 1.29 is 19.0 Å². The van der Waals surface area contributed by atoms with Crippen LogP contribution in [0.1, 0.15) is 18.5 Å². The molecule has 0 aliphatic heterocycles. The fourth-order valence-electron chi connectivity index (χ4n) is 2.34. The molecule has 0 spiro atoms. The van der Waals surface area contributed by atoms with E-state index >= 15 is 0 Å². The SMILES string of the molecule is COc1cc(NC(=O)NC(C)c2ccccc2)cc(OC)c1OC. The highest BCUT2D eigenvalue weighted by atomic mass is 16.5. The molecule has 6 nitrogen and oxygen atoms in total. The first kappa shape index (κ1) is 17.5. The molecule has 0 aliphatic carbocycles. The highest BCUT2D eigenvalue weighted by molar-refractivity contribution is 5.90. The van der Waals surface area contributed by atoms with Crippen molar-refractivity contribution in [3.63, 3.8) is 0 Å². The Morgan fingerprint density at radius 3 is 2.04 bits per heavy atom. The van der Waals surface area contributed by atoms with Gasteiger partial charge in [-0.05, 0) is 12.5 Å². The maximum Gasteiger partial charge on any atom is 0.319 e. The second kappa shape index (κ2) is 8.10. The predicted molar refractivity (Wildman–Crippen MR) is 93.1 cm³/mol. The summed E-state index contributed by atoms with van der Waals surface area (Å²) in [7, 11) is 4.58. The first-order valence-electron chi connectivity index (χ1n) is 7.51. The summed E-state index contributed by atoms with van der Waals surface area (Å²) in [6, 6.07) is 12.6. The number of nitrogens with one attached hydrogen (secondary N) is 2. The molecule has 128 valence electrons. The van der Waals surface area contributed by atoms with E-state index in [1.54, 1.807) is 12.1 Å². The van der Waals surface area contributed by atoms with Crippen LogP contribution < -0.4 is 24.8 Å². The van der Waals surface area contributed by atoms with Gasteiger partial charge in [0.25, 0.3) is 0 Å². The number of hydrogen-bond acceptors (Lipinski definition) is 4. The third kappa shape index (κ3) is 4.10. The zero-order valence-electron chi connectivity index (χ0n) is 14.3. The molecule has 0 saturated carbocycles. The molecule has 2 aromatic rings. The van der Waals surface area contributed by atoms with Crippen LogP contribution in [0.5, 0.6) is 17.2 Å². The van der Waals surface area contributed by atoms with Crippen molar-refractivity contribution in [2.45, 2.75) is 13.0 Å². The van der Waals surface area contributed by atoms with E-state index in [0.29, 0.717) is 22.9 Å². The highest BCUT2D eigenvalue weighted by Crippen LogP contribution is 2.39. The zero-order chi connectivity index (χ0) is 17.5. The normalized spacial score (nSPS) is 11.3. The first-order chi connectivity index (χ1) is 11.6. The van der Waals surface area contributed by atoms with Gasteiger partial charge < -0.3 is 24.8 Å². The Kier molecular flexibility index (Phi) is 5.89. The van der Waals surface area contributed by atoms with Crippen LogP contribution in [-0.4, -0.2) is 27.4 Å². The van der Waals surface area contributed by atoms with Gasteiger partial charge in [0.1, 0.15) is 0 Å². The lowest BCUT2D eigenvalue weighted by molar-refractivity contribution is 0.249. The molecule has 6 heteroatoms. The molecule has 0 radical (unpaired) electrons. The molecule has 0 aliphatic rings. The molecule has 2 aromatic carbocycles. The number of carbonyl (C=O) groups is 1. The molecule has 0 aromatic heterocycles. The van der Waals surface area contributed by atoms with E-state index in [2.05, 4.69) is 10.6 Å². The number of urea groups is 1. The Bertz CT molecular complexity index is 664. The van der Waals surface area contributed by atoms with Crippen LogP contribution in [0.15, 0.2) is 42.5 Å². The van der Waals surface area contributed by atoms with E-state index in [9.17, 15) is 4.79 Å². The Morgan fingerprint density at radius 2 is 1.54 bits per heavy atom. The van der Waals surface area contributed by atoms with E-state index in [1.807, 2.05) is 37.3 Å². The lowest BCUT2D eigenvalue weighted by Gasteiger charge is -2.17. The van der Waals surface area contributed by atoms with Crippen LogP contribution in [0.3, 0.4) is 0 Å². The van der Waals surface area contributed by atoms with Gasteiger partial charge in [0.2, 0.25) is 5.75 Å². The summed E-state index contributed by atoms with van der Waals surface area (Å²) in [5.74, 6) is 1.43. The summed E-state index contributed by atoms with van der Waals surface area (Å²) in [5, 5.41) is 5.66. The van der Waals surface area contributed by atoms with E-state index in [4.69, 9.17) is 14.2 Å². The molecule has 0 heterocycles. The molecule has 1 unspecified atom stereocenters. The molecule has 24 heavy (non-hydrogen) atoms. The van der Waals surface area contributed by atoms with Crippen molar-refractivity contribution in [1.82, 2.24) is 5.32 Å². The summed E-state index contributed by atoms with van der Waals surface area (Å²) in [4.78, 5) is 12.2. The Morgan fingerprint density at radius 1 is 0.958 bits per heavy atom. The summed E-state index contributed by atoms with van der Waals surface area (Å²) < 4.78 is 15.8. The van der Waals surface area contributed by atoms with Crippen molar-refractivity contribution in [1.29, 1.82) is 0 Å². The smallest absolute Gasteiger partial charge is 0.319 e. The molecule has 2 N–H and O–H groups in total. The van der Waals surface area contributed by atoms with Crippen molar-refractivity contribution in [2.24, 2.45) is 0 Å². The van der Waals surface area contributed by atoms with Crippen molar-refractivity contribution >= 4 is 11.7 Å². The number of anilines is 1. The van der Waals surface area contributed by atoms with Gasteiger partial charge in [-0.25, -0.2) is 4.79 Å². The number of amides is 2. The minimum atomic E-state index is -0.319. The number of hydrogen-bond donors (Lipinski definition) is 2. The van der Waals surface area contributed by atoms with Crippen LogP contribution >= 0.6 is 0 Å². The number of benzene rings is 2. The number of ether oxygens (including phenoxy) is 3. The molecule has 2 rings (SSSR count). The molecule has 1 atom stereocenters. The van der Waals surface area contributed by atoms with Crippen LogP contribution in [-0.2, 0) is 0 Å². The second-order valence-electron chi connectivity index (χ2n) is 5.14. The van der Waals surface area contributed by atoms with Crippen molar-refractivity contribution in [2.75, 3.05) is 26.6 Å². The molecule has 0 saturated heterocycles. The quantitative estimate of drug-likeness (QED) is 0.849. The summed E-state index contributed by atoms with van der Waals surface area (Å²) in [6.45, 7) is 1.92. The van der Waals surface area contributed by atoms with Crippen molar-refractivity contribution in [3.8, 4) is 17.2 Å². The van der Waals surface area contributed by atoms with Gasteiger partial charge in [0.15, 0.2) is 11.5 Å². The summed E-state index contributed by atoms with van der Waals surface area (Å²) in [5.41, 5.74) is 1.57. The summed E-state index contributed by atoms with van der Waals surface area (Å²) >= 11 is 0. The zero-order valence-corrected chi connectivity index (χ0v) is 14.3. The number of methoxy groups -OCH3 is 3.